The third-order valence-corrected chi connectivity index (χ3v) is 4.87. The highest BCUT2D eigenvalue weighted by Crippen LogP contribution is 2.34. The third kappa shape index (κ3) is 2.27. The SMILES string of the molecule is S=c1[nH]c2ccccc2c2nc(-c3ccccc3)c(-c3ccccc3)n12. The number of rotatable bonds is 2. The molecule has 2 aromatic heterocycles. The summed E-state index contributed by atoms with van der Waals surface area (Å²) in [5, 5.41) is 1.06. The van der Waals surface area contributed by atoms with Gasteiger partial charge in [0.15, 0.2) is 4.77 Å². The fourth-order valence-electron chi connectivity index (χ4n) is 3.42. The molecule has 0 saturated heterocycles. The maximum absolute atomic E-state index is 5.70. The van der Waals surface area contributed by atoms with Crippen LogP contribution >= 0.6 is 12.2 Å². The molecule has 0 aliphatic rings. The number of H-pyrrole nitrogens is 1. The van der Waals surface area contributed by atoms with Gasteiger partial charge in [-0.25, -0.2) is 4.98 Å². The van der Waals surface area contributed by atoms with Crippen molar-refractivity contribution in [3.63, 3.8) is 0 Å². The van der Waals surface area contributed by atoms with Crippen molar-refractivity contribution in [1.29, 1.82) is 0 Å². The number of fused-ring (bicyclic) bond motifs is 3. The summed E-state index contributed by atoms with van der Waals surface area (Å²) in [4.78, 5) is 8.37. The number of nitrogens with one attached hydrogen (secondary N) is 1. The van der Waals surface area contributed by atoms with Gasteiger partial charge >= 0.3 is 0 Å². The van der Waals surface area contributed by atoms with Crippen LogP contribution in [-0.2, 0) is 0 Å². The minimum Gasteiger partial charge on any atom is -0.331 e. The van der Waals surface area contributed by atoms with Crippen molar-refractivity contribution >= 4 is 28.8 Å². The van der Waals surface area contributed by atoms with Crippen molar-refractivity contribution in [2.45, 2.75) is 0 Å². The molecule has 3 nitrogen and oxygen atoms in total. The highest BCUT2D eigenvalue weighted by molar-refractivity contribution is 7.71. The predicted octanol–water partition coefficient (Wildman–Crippen LogP) is 5.88. The molecule has 26 heavy (non-hydrogen) atoms. The van der Waals surface area contributed by atoms with Crippen molar-refractivity contribution < 1.29 is 0 Å². The summed E-state index contributed by atoms with van der Waals surface area (Å²) in [6.07, 6.45) is 0. The molecule has 0 amide bonds. The third-order valence-electron chi connectivity index (χ3n) is 4.58. The Morgan fingerprint density at radius 2 is 1.35 bits per heavy atom. The Bertz CT molecular complexity index is 1290. The van der Waals surface area contributed by atoms with E-state index < -0.39 is 0 Å². The lowest BCUT2D eigenvalue weighted by Gasteiger charge is -2.07. The Kier molecular flexibility index (Phi) is 3.43. The van der Waals surface area contributed by atoms with Crippen molar-refractivity contribution in [3.8, 4) is 22.5 Å². The quantitative estimate of drug-likeness (QED) is 0.402. The second-order valence-electron chi connectivity index (χ2n) is 6.18. The fraction of sp³-hybridized carbons (Fsp3) is 0. The van der Waals surface area contributed by atoms with Crippen LogP contribution in [0.3, 0.4) is 0 Å². The first-order chi connectivity index (χ1) is 12.8. The number of imidazole rings is 1. The van der Waals surface area contributed by atoms with E-state index in [2.05, 4.69) is 39.7 Å². The molecule has 124 valence electrons. The molecule has 0 atom stereocenters. The van der Waals surface area contributed by atoms with E-state index in [4.69, 9.17) is 17.2 Å². The normalized spacial score (nSPS) is 11.2. The number of para-hydroxylation sites is 1. The average Bonchev–Trinajstić information content (AvgIpc) is 3.11. The molecule has 0 unspecified atom stereocenters. The van der Waals surface area contributed by atoms with Crippen LogP contribution in [-0.4, -0.2) is 14.4 Å². The van der Waals surface area contributed by atoms with Gasteiger partial charge in [-0.1, -0.05) is 72.8 Å². The van der Waals surface area contributed by atoms with E-state index >= 15 is 0 Å². The molecule has 5 aromatic rings. The van der Waals surface area contributed by atoms with Gasteiger partial charge < -0.3 is 4.98 Å². The minimum atomic E-state index is 0.646. The maximum Gasteiger partial charge on any atom is 0.183 e. The van der Waals surface area contributed by atoms with E-state index in [1.54, 1.807) is 0 Å². The van der Waals surface area contributed by atoms with Crippen LogP contribution in [0.5, 0.6) is 0 Å². The summed E-state index contributed by atoms with van der Waals surface area (Å²) in [6.45, 7) is 0. The number of nitrogens with zero attached hydrogens (tertiary/aromatic N) is 2. The summed E-state index contributed by atoms with van der Waals surface area (Å²) >= 11 is 5.70. The van der Waals surface area contributed by atoms with Gasteiger partial charge in [-0.15, -0.1) is 0 Å². The molecular formula is C22H15N3S. The standard InChI is InChI=1S/C22H15N3S/c26-22-23-18-14-8-7-13-17(18)21-24-19(15-9-3-1-4-10-15)20(25(21)22)16-11-5-2-6-12-16/h1-14H,(H,23,26). The number of hydrogen-bond acceptors (Lipinski definition) is 2. The Balaban J connectivity index is 1.99. The zero-order chi connectivity index (χ0) is 17.5. The first-order valence-corrected chi connectivity index (χ1v) is 8.88. The molecule has 0 radical (unpaired) electrons. The lowest BCUT2D eigenvalue weighted by Crippen LogP contribution is -1.95. The molecule has 1 N–H and O–H groups in total. The van der Waals surface area contributed by atoms with Crippen molar-refractivity contribution in [1.82, 2.24) is 14.4 Å². The van der Waals surface area contributed by atoms with Gasteiger partial charge in [0, 0.05) is 16.5 Å². The first kappa shape index (κ1) is 15.0. The van der Waals surface area contributed by atoms with Gasteiger partial charge in [-0.2, -0.15) is 0 Å². The Labute approximate surface area is 155 Å². The topological polar surface area (TPSA) is 33.1 Å². The Morgan fingerprint density at radius 1 is 0.731 bits per heavy atom. The van der Waals surface area contributed by atoms with E-state index in [0.29, 0.717) is 4.77 Å². The van der Waals surface area contributed by atoms with Gasteiger partial charge in [-0.3, -0.25) is 4.40 Å². The van der Waals surface area contributed by atoms with E-state index in [-0.39, 0.29) is 0 Å². The smallest absolute Gasteiger partial charge is 0.183 e. The molecule has 2 heterocycles. The summed E-state index contributed by atoms with van der Waals surface area (Å²) in [5.74, 6) is 0. The van der Waals surface area contributed by atoms with Gasteiger partial charge in [0.25, 0.3) is 0 Å². The molecule has 0 aliphatic carbocycles. The second kappa shape index (κ2) is 5.93. The molecule has 0 bridgehead atoms. The van der Waals surface area contributed by atoms with E-state index in [9.17, 15) is 0 Å². The average molecular weight is 353 g/mol. The lowest BCUT2D eigenvalue weighted by molar-refractivity contribution is 1.09. The monoisotopic (exact) mass is 353 g/mol. The Morgan fingerprint density at radius 3 is 2.08 bits per heavy atom. The number of aromatic nitrogens is 3. The number of aromatic amines is 1. The van der Waals surface area contributed by atoms with Crippen LogP contribution < -0.4 is 0 Å². The maximum atomic E-state index is 5.70. The molecule has 0 spiro atoms. The molecule has 3 aromatic carbocycles. The molecule has 0 aliphatic heterocycles. The van der Waals surface area contributed by atoms with Gasteiger partial charge in [0.1, 0.15) is 5.65 Å². The van der Waals surface area contributed by atoms with E-state index in [1.165, 1.54) is 0 Å². The highest BCUT2D eigenvalue weighted by atomic mass is 32.1. The molecule has 5 rings (SSSR count). The molecular weight excluding hydrogens is 338 g/mol. The van der Waals surface area contributed by atoms with Crippen molar-refractivity contribution in [2.24, 2.45) is 0 Å². The van der Waals surface area contributed by atoms with Crippen LogP contribution in [0.15, 0.2) is 84.9 Å². The first-order valence-electron chi connectivity index (χ1n) is 8.47. The zero-order valence-corrected chi connectivity index (χ0v) is 14.7. The number of benzene rings is 3. The fourth-order valence-corrected chi connectivity index (χ4v) is 3.70. The lowest BCUT2D eigenvalue weighted by atomic mass is 10.1. The highest BCUT2D eigenvalue weighted by Gasteiger charge is 2.18. The number of hydrogen-bond donors (Lipinski definition) is 1. The Hall–Kier alpha value is -3.24. The van der Waals surface area contributed by atoms with Gasteiger partial charge in [0.05, 0.1) is 16.9 Å². The molecule has 0 fully saturated rings. The van der Waals surface area contributed by atoms with Crippen molar-refractivity contribution in [3.05, 3.63) is 89.7 Å². The van der Waals surface area contributed by atoms with Crippen LogP contribution in [0.4, 0.5) is 0 Å². The summed E-state index contributed by atoms with van der Waals surface area (Å²) in [5.41, 5.74) is 5.99. The summed E-state index contributed by atoms with van der Waals surface area (Å²) in [6, 6.07) is 28.7. The molecule has 0 saturated carbocycles. The van der Waals surface area contributed by atoms with Crippen LogP contribution in [0.25, 0.3) is 39.1 Å². The van der Waals surface area contributed by atoms with Gasteiger partial charge in [0.2, 0.25) is 0 Å². The van der Waals surface area contributed by atoms with E-state index in [0.717, 1.165) is 39.1 Å². The van der Waals surface area contributed by atoms with Crippen molar-refractivity contribution in [2.75, 3.05) is 0 Å². The van der Waals surface area contributed by atoms with Crippen LogP contribution in [0.1, 0.15) is 0 Å². The van der Waals surface area contributed by atoms with Crippen LogP contribution in [0, 0.1) is 4.77 Å². The summed E-state index contributed by atoms with van der Waals surface area (Å²) < 4.78 is 2.70. The predicted molar refractivity (Wildman–Crippen MR) is 109 cm³/mol. The van der Waals surface area contributed by atoms with Crippen LogP contribution in [0.2, 0.25) is 0 Å². The zero-order valence-electron chi connectivity index (χ0n) is 13.9. The van der Waals surface area contributed by atoms with Gasteiger partial charge in [-0.05, 0) is 24.4 Å². The molecule has 4 heteroatoms. The minimum absolute atomic E-state index is 0.646. The summed E-state index contributed by atoms with van der Waals surface area (Å²) in [7, 11) is 0. The largest absolute Gasteiger partial charge is 0.331 e. The second-order valence-corrected chi connectivity index (χ2v) is 6.56. The van der Waals surface area contributed by atoms with E-state index in [1.807, 2.05) is 54.6 Å².